The molecule has 2 nitrogen and oxygen atoms in total. The van der Waals surface area contributed by atoms with Crippen molar-refractivity contribution in [2.45, 2.75) is 0 Å². The van der Waals surface area contributed by atoms with Gasteiger partial charge in [0.25, 0.3) is 0 Å². The molecule has 0 saturated heterocycles. The Labute approximate surface area is 84.5 Å². The lowest BCUT2D eigenvalue weighted by Crippen LogP contribution is -2.03. The molecule has 64 valence electrons. The lowest BCUT2D eigenvalue weighted by Gasteiger charge is -1.97. The Morgan fingerprint density at radius 1 is 1.42 bits per heavy atom. The van der Waals surface area contributed by atoms with Gasteiger partial charge in [-0.15, -0.1) is 11.6 Å². The molecule has 0 spiro atoms. The molecule has 0 fully saturated rings. The van der Waals surface area contributed by atoms with Crippen LogP contribution in [0.5, 0.6) is 0 Å². The molecule has 12 heavy (non-hydrogen) atoms. The molecule has 1 rings (SSSR count). The third-order valence-corrected chi connectivity index (χ3v) is 1.82. The van der Waals surface area contributed by atoms with Crippen LogP contribution in [0.4, 0.5) is 0 Å². The van der Waals surface area contributed by atoms with E-state index in [2.05, 4.69) is 4.98 Å². The van der Waals surface area contributed by atoms with Crippen molar-refractivity contribution in [1.82, 2.24) is 4.98 Å². The second-order valence-corrected chi connectivity index (χ2v) is 3.14. The van der Waals surface area contributed by atoms with Crippen LogP contribution in [0.1, 0.15) is 10.5 Å². The molecule has 5 heteroatoms. The summed E-state index contributed by atoms with van der Waals surface area (Å²) in [6.45, 7) is 0. The third-order valence-electron chi connectivity index (χ3n) is 1.17. The summed E-state index contributed by atoms with van der Waals surface area (Å²) >= 11 is 16.5. The fourth-order valence-electron chi connectivity index (χ4n) is 0.677. The second kappa shape index (κ2) is 4.08. The van der Waals surface area contributed by atoms with Crippen LogP contribution in [0, 0.1) is 0 Å². The number of carbonyl (C=O) groups is 1. The zero-order valence-electron chi connectivity index (χ0n) is 5.85. The molecule has 0 aliphatic rings. The van der Waals surface area contributed by atoms with E-state index in [-0.39, 0.29) is 22.5 Å². The number of rotatable bonds is 2. The molecule has 0 atom stereocenters. The van der Waals surface area contributed by atoms with Gasteiger partial charge in [-0.3, -0.25) is 4.79 Å². The number of carbonyl (C=O) groups excluding carboxylic acids is 1. The molecule has 0 aromatic carbocycles. The molecule has 0 aliphatic heterocycles. The molecule has 0 saturated carbocycles. The minimum absolute atomic E-state index is 0.121. The monoisotopic (exact) mass is 223 g/mol. The molecule has 0 unspecified atom stereocenters. The largest absolute Gasteiger partial charge is 0.291 e. The number of hydrogen-bond acceptors (Lipinski definition) is 2. The average molecular weight is 224 g/mol. The van der Waals surface area contributed by atoms with E-state index in [1.165, 1.54) is 12.1 Å². The van der Waals surface area contributed by atoms with E-state index in [1.54, 1.807) is 0 Å². The van der Waals surface area contributed by atoms with Gasteiger partial charge in [-0.25, -0.2) is 4.98 Å². The van der Waals surface area contributed by atoms with E-state index in [1.807, 2.05) is 0 Å². The molecule has 1 heterocycles. The minimum atomic E-state index is -0.291. The maximum absolute atomic E-state index is 11.0. The number of hydrogen-bond donors (Lipinski definition) is 0. The van der Waals surface area contributed by atoms with Crippen molar-refractivity contribution in [2.24, 2.45) is 0 Å². The summed E-state index contributed by atoms with van der Waals surface area (Å²) in [6.07, 6.45) is 0. The van der Waals surface area contributed by atoms with Crippen LogP contribution in [0.3, 0.4) is 0 Å². The Bertz CT molecular complexity index is 293. The smallest absolute Gasteiger partial charge is 0.195 e. The first-order chi connectivity index (χ1) is 5.63. The van der Waals surface area contributed by atoms with Crippen molar-refractivity contribution in [3.63, 3.8) is 0 Å². The Kier molecular flexibility index (Phi) is 3.32. The lowest BCUT2D eigenvalue weighted by molar-refractivity contribution is 0.101. The molecule has 0 amide bonds. The van der Waals surface area contributed by atoms with Crippen LogP contribution in [-0.2, 0) is 0 Å². The molecule has 0 radical (unpaired) electrons. The molecule has 0 N–H and O–H groups in total. The Morgan fingerprint density at radius 2 is 2.08 bits per heavy atom. The van der Waals surface area contributed by atoms with Crippen LogP contribution >= 0.6 is 34.8 Å². The topological polar surface area (TPSA) is 30.0 Å². The highest BCUT2D eigenvalue weighted by Crippen LogP contribution is 2.15. The SMILES string of the molecule is O=C(CCl)c1cc(Cl)cc(Cl)n1. The maximum Gasteiger partial charge on any atom is 0.195 e. The van der Waals surface area contributed by atoms with E-state index in [0.717, 1.165) is 0 Å². The molecule has 0 bridgehead atoms. The van der Waals surface area contributed by atoms with Gasteiger partial charge in [0.1, 0.15) is 10.8 Å². The summed E-state index contributed by atoms with van der Waals surface area (Å²) in [5, 5.41) is 0.569. The van der Waals surface area contributed by atoms with Crippen molar-refractivity contribution in [3.05, 3.63) is 28.0 Å². The van der Waals surface area contributed by atoms with Gasteiger partial charge >= 0.3 is 0 Å². The summed E-state index contributed by atoms with van der Waals surface area (Å²) in [5.41, 5.74) is 0.197. The Morgan fingerprint density at radius 3 is 2.58 bits per heavy atom. The summed E-state index contributed by atoms with van der Waals surface area (Å²) in [5.74, 6) is -0.412. The zero-order valence-corrected chi connectivity index (χ0v) is 8.12. The van der Waals surface area contributed by atoms with Crippen molar-refractivity contribution >= 4 is 40.6 Å². The zero-order chi connectivity index (χ0) is 9.14. The first-order valence-corrected chi connectivity index (χ1v) is 4.35. The molecular formula is C7H4Cl3NO. The van der Waals surface area contributed by atoms with Crippen molar-refractivity contribution < 1.29 is 4.79 Å². The highest BCUT2D eigenvalue weighted by atomic mass is 35.5. The Balaban J connectivity index is 3.08. The van der Waals surface area contributed by atoms with Crippen LogP contribution in [-0.4, -0.2) is 16.6 Å². The first-order valence-electron chi connectivity index (χ1n) is 3.05. The van der Waals surface area contributed by atoms with Crippen LogP contribution in [0.15, 0.2) is 12.1 Å². The molecule has 1 aromatic heterocycles. The van der Waals surface area contributed by atoms with Gasteiger partial charge in [0.15, 0.2) is 5.78 Å². The van der Waals surface area contributed by atoms with Crippen LogP contribution in [0.2, 0.25) is 10.2 Å². The van der Waals surface area contributed by atoms with Crippen LogP contribution in [0.25, 0.3) is 0 Å². The number of nitrogens with zero attached hydrogens (tertiary/aromatic N) is 1. The van der Waals surface area contributed by atoms with Gasteiger partial charge in [0.05, 0.1) is 5.88 Å². The second-order valence-electron chi connectivity index (χ2n) is 2.05. The normalized spacial score (nSPS) is 9.92. The highest BCUT2D eigenvalue weighted by molar-refractivity contribution is 6.35. The average Bonchev–Trinajstić information content (AvgIpc) is 2.01. The maximum atomic E-state index is 11.0. The fraction of sp³-hybridized carbons (Fsp3) is 0.143. The molecule has 0 aliphatic carbocycles. The lowest BCUT2D eigenvalue weighted by atomic mass is 10.3. The van der Waals surface area contributed by atoms with E-state index in [9.17, 15) is 4.79 Å². The molecule has 1 aromatic rings. The van der Waals surface area contributed by atoms with Crippen molar-refractivity contribution in [1.29, 1.82) is 0 Å². The third kappa shape index (κ3) is 2.34. The van der Waals surface area contributed by atoms with Gasteiger partial charge in [-0.1, -0.05) is 23.2 Å². The van der Waals surface area contributed by atoms with Crippen molar-refractivity contribution in [3.8, 4) is 0 Å². The van der Waals surface area contributed by atoms with Gasteiger partial charge in [0, 0.05) is 5.02 Å². The molecular weight excluding hydrogens is 220 g/mol. The highest BCUT2D eigenvalue weighted by Gasteiger charge is 2.07. The fourth-order valence-corrected chi connectivity index (χ4v) is 1.29. The summed E-state index contributed by atoms with van der Waals surface area (Å²) in [4.78, 5) is 14.8. The van der Waals surface area contributed by atoms with Crippen molar-refractivity contribution in [2.75, 3.05) is 5.88 Å². The number of halogens is 3. The number of aromatic nitrogens is 1. The standard InChI is InChI=1S/C7H4Cl3NO/c8-3-6(12)5-1-4(9)2-7(10)11-5/h1-2H,3H2. The summed E-state index contributed by atoms with van der Waals surface area (Å²) in [6, 6.07) is 2.88. The van der Waals surface area contributed by atoms with Gasteiger partial charge in [0.2, 0.25) is 0 Å². The quantitative estimate of drug-likeness (QED) is 0.439. The number of ketones is 1. The van der Waals surface area contributed by atoms with E-state index in [4.69, 9.17) is 34.8 Å². The Hall–Kier alpha value is -0.310. The van der Waals surface area contributed by atoms with Gasteiger partial charge in [-0.05, 0) is 12.1 Å². The predicted octanol–water partition coefficient (Wildman–Crippen LogP) is 2.81. The minimum Gasteiger partial charge on any atom is -0.291 e. The van der Waals surface area contributed by atoms with E-state index in [0.29, 0.717) is 5.02 Å². The predicted molar refractivity (Wildman–Crippen MR) is 49.3 cm³/mol. The van der Waals surface area contributed by atoms with Gasteiger partial charge < -0.3 is 0 Å². The first kappa shape index (κ1) is 9.78. The van der Waals surface area contributed by atoms with Gasteiger partial charge in [-0.2, -0.15) is 0 Å². The summed E-state index contributed by atoms with van der Waals surface area (Å²) < 4.78 is 0. The number of Topliss-reactive ketones (excluding diaryl/α,β-unsaturated/α-hetero) is 1. The summed E-state index contributed by atoms with van der Waals surface area (Å²) in [7, 11) is 0. The number of alkyl halides is 1. The van der Waals surface area contributed by atoms with E-state index >= 15 is 0 Å². The van der Waals surface area contributed by atoms with E-state index < -0.39 is 0 Å². The number of pyridine rings is 1. The van der Waals surface area contributed by atoms with Crippen LogP contribution < -0.4 is 0 Å².